The van der Waals surface area contributed by atoms with Crippen molar-refractivity contribution in [1.82, 2.24) is 4.90 Å². The minimum absolute atomic E-state index is 0.122. The van der Waals surface area contributed by atoms with E-state index >= 15 is 0 Å². The fourth-order valence-corrected chi connectivity index (χ4v) is 3.27. The van der Waals surface area contributed by atoms with Gasteiger partial charge in [-0.1, -0.05) is 24.0 Å². The first-order valence-electron chi connectivity index (χ1n) is 6.57. The van der Waals surface area contributed by atoms with Gasteiger partial charge in [-0.25, -0.2) is 0 Å². The van der Waals surface area contributed by atoms with Gasteiger partial charge in [-0.05, 0) is 23.8 Å². The Balaban J connectivity index is 2.23. The van der Waals surface area contributed by atoms with Crippen molar-refractivity contribution in [1.29, 1.82) is 0 Å². The van der Waals surface area contributed by atoms with Gasteiger partial charge in [-0.15, -0.1) is 0 Å². The molecular weight excluding hydrogens is 322 g/mol. The van der Waals surface area contributed by atoms with Crippen LogP contribution >= 0.6 is 24.0 Å². The molecule has 1 fully saturated rings. The fraction of sp³-hybridized carbons (Fsp3) is 0.333. The number of amides is 1. The molecule has 0 atom stereocenters. The third kappa shape index (κ3) is 3.53. The monoisotopic (exact) mass is 339 g/mol. The van der Waals surface area contributed by atoms with Gasteiger partial charge < -0.3 is 14.2 Å². The highest BCUT2D eigenvalue weighted by Crippen LogP contribution is 2.38. The van der Waals surface area contributed by atoms with E-state index in [-0.39, 0.29) is 5.91 Å². The maximum atomic E-state index is 12.1. The van der Waals surface area contributed by atoms with Crippen molar-refractivity contribution in [2.24, 2.45) is 0 Å². The second-order valence-electron chi connectivity index (χ2n) is 4.40. The van der Waals surface area contributed by atoms with E-state index in [2.05, 4.69) is 0 Å². The number of rotatable bonds is 5. The number of nitrogens with zero attached hydrogens (tertiary/aromatic N) is 1. The molecular formula is C15H17NO4S2. The van der Waals surface area contributed by atoms with E-state index in [1.165, 1.54) is 17.8 Å². The summed E-state index contributed by atoms with van der Waals surface area (Å²) in [7, 11) is 4.65. The Morgan fingerprint density at radius 1 is 1.23 bits per heavy atom. The maximum absolute atomic E-state index is 12.1. The molecule has 1 amide bonds. The first kappa shape index (κ1) is 16.6. The van der Waals surface area contributed by atoms with E-state index in [0.717, 1.165) is 11.3 Å². The summed E-state index contributed by atoms with van der Waals surface area (Å²) in [5.41, 5.74) is 0.778. The van der Waals surface area contributed by atoms with Crippen LogP contribution < -0.4 is 14.2 Å². The summed E-state index contributed by atoms with van der Waals surface area (Å²) in [6, 6.07) is 3.56. The van der Waals surface area contributed by atoms with Crippen LogP contribution in [0.1, 0.15) is 5.56 Å². The van der Waals surface area contributed by atoms with Crippen LogP contribution in [0.5, 0.6) is 17.2 Å². The van der Waals surface area contributed by atoms with Crippen LogP contribution in [0.4, 0.5) is 0 Å². The van der Waals surface area contributed by atoms with E-state index in [1.807, 2.05) is 0 Å². The van der Waals surface area contributed by atoms with Crippen molar-refractivity contribution in [3.05, 3.63) is 23.8 Å². The van der Waals surface area contributed by atoms with Crippen molar-refractivity contribution in [3.8, 4) is 17.2 Å². The second-order valence-corrected chi connectivity index (χ2v) is 6.12. The van der Waals surface area contributed by atoms with Gasteiger partial charge in [0.2, 0.25) is 5.75 Å². The predicted molar refractivity (Wildman–Crippen MR) is 91.9 cm³/mol. The predicted octanol–water partition coefficient (Wildman–Crippen LogP) is 2.59. The molecule has 7 heteroatoms. The molecule has 0 aliphatic carbocycles. The Kier molecular flexibility index (Phi) is 5.68. The first-order chi connectivity index (χ1) is 10.6. The number of hydrogen-bond acceptors (Lipinski definition) is 6. The molecule has 1 saturated heterocycles. The summed E-state index contributed by atoms with van der Waals surface area (Å²) in [6.45, 7) is 0.655. The van der Waals surface area contributed by atoms with Gasteiger partial charge in [-0.2, -0.15) is 0 Å². The average Bonchev–Trinajstić information content (AvgIpc) is 2.97. The average molecular weight is 339 g/mol. The lowest BCUT2D eigenvalue weighted by Crippen LogP contribution is -2.28. The zero-order chi connectivity index (χ0) is 16.1. The summed E-state index contributed by atoms with van der Waals surface area (Å²) < 4.78 is 16.5. The van der Waals surface area contributed by atoms with Gasteiger partial charge in [0, 0.05) is 18.4 Å². The van der Waals surface area contributed by atoms with E-state index < -0.39 is 0 Å². The number of carbonyl (C=O) groups excluding carboxylic acids is 1. The Labute approximate surface area is 139 Å². The summed E-state index contributed by atoms with van der Waals surface area (Å²) in [4.78, 5) is 13.7. The molecule has 0 spiro atoms. The lowest BCUT2D eigenvalue weighted by molar-refractivity contribution is -0.121. The highest BCUT2D eigenvalue weighted by atomic mass is 32.2. The molecule has 0 saturated carbocycles. The number of thiocarbonyl (C=S) groups is 1. The molecule has 1 aromatic carbocycles. The number of ether oxygens (including phenoxy) is 3. The molecule has 0 bridgehead atoms. The lowest BCUT2D eigenvalue weighted by atomic mass is 10.1. The molecule has 22 heavy (non-hydrogen) atoms. The zero-order valence-electron chi connectivity index (χ0n) is 12.6. The molecule has 1 aromatic rings. The smallest absolute Gasteiger partial charge is 0.252 e. The molecule has 1 heterocycles. The molecule has 2 rings (SSSR count). The molecule has 0 radical (unpaired) electrons. The third-order valence-electron chi connectivity index (χ3n) is 3.13. The van der Waals surface area contributed by atoms with E-state index in [4.69, 9.17) is 26.4 Å². The van der Waals surface area contributed by atoms with Gasteiger partial charge in [0.1, 0.15) is 4.32 Å². The molecule has 1 aliphatic rings. The standard InChI is InChI=1S/C15H17NO4S2/c1-18-11-8-10(9-12(19-2)14(11)20-3)4-5-13(17)16-6-7-22-15(16)21/h4-5,8-9H,6-7H2,1-3H3. The Hall–Kier alpha value is -1.73. The minimum atomic E-state index is -0.122. The summed E-state index contributed by atoms with van der Waals surface area (Å²) in [5.74, 6) is 2.33. The third-order valence-corrected chi connectivity index (χ3v) is 4.56. The van der Waals surface area contributed by atoms with Crippen LogP contribution in [0.15, 0.2) is 18.2 Å². The normalized spacial score (nSPS) is 14.5. The Bertz CT molecular complexity index is 591. The minimum Gasteiger partial charge on any atom is -0.493 e. The largest absolute Gasteiger partial charge is 0.493 e. The van der Waals surface area contributed by atoms with Gasteiger partial charge in [0.25, 0.3) is 5.91 Å². The van der Waals surface area contributed by atoms with E-state index in [9.17, 15) is 4.79 Å². The lowest BCUT2D eigenvalue weighted by Gasteiger charge is -2.13. The number of carbonyl (C=O) groups is 1. The van der Waals surface area contributed by atoms with Crippen LogP contribution in [0.2, 0.25) is 0 Å². The Morgan fingerprint density at radius 2 is 1.86 bits per heavy atom. The first-order valence-corrected chi connectivity index (χ1v) is 7.96. The van der Waals surface area contributed by atoms with Crippen molar-refractivity contribution >= 4 is 40.3 Å². The molecule has 5 nitrogen and oxygen atoms in total. The maximum Gasteiger partial charge on any atom is 0.252 e. The summed E-state index contributed by atoms with van der Waals surface area (Å²) >= 11 is 6.66. The molecule has 1 aliphatic heterocycles. The number of benzene rings is 1. The van der Waals surface area contributed by atoms with Crippen molar-refractivity contribution < 1.29 is 19.0 Å². The van der Waals surface area contributed by atoms with E-state index in [1.54, 1.807) is 44.4 Å². The van der Waals surface area contributed by atoms with Gasteiger partial charge >= 0.3 is 0 Å². The number of thioether (sulfide) groups is 1. The number of hydrogen-bond donors (Lipinski definition) is 0. The fourth-order valence-electron chi connectivity index (χ4n) is 2.05. The highest BCUT2D eigenvalue weighted by Gasteiger charge is 2.22. The molecule has 0 N–H and O–H groups in total. The van der Waals surface area contributed by atoms with Gasteiger partial charge in [-0.3, -0.25) is 9.69 Å². The van der Waals surface area contributed by atoms with Gasteiger partial charge in [0.15, 0.2) is 11.5 Å². The number of methoxy groups -OCH3 is 3. The van der Waals surface area contributed by atoms with Crippen LogP contribution in [0.3, 0.4) is 0 Å². The molecule has 0 unspecified atom stereocenters. The summed E-state index contributed by atoms with van der Waals surface area (Å²) in [5, 5.41) is 0. The SMILES string of the molecule is COc1cc(C=CC(=O)N2CCSC2=S)cc(OC)c1OC. The van der Waals surface area contributed by atoms with E-state index in [0.29, 0.717) is 28.1 Å². The highest BCUT2D eigenvalue weighted by molar-refractivity contribution is 8.23. The van der Waals surface area contributed by atoms with Crippen LogP contribution in [0.25, 0.3) is 6.08 Å². The topological polar surface area (TPSA) is 48.0 Å². The van der Waals surface area contributed by atoms with Crippen molar-refractivity contribution in [2.45, 2.75) is 0 Å². The van der Waals surface area contributed by atoms with Crippen molar-refractivity contribution in [3.63, 3.8) is 0 Å². The van der Waals surface area contributed by atoms with Crippen molar-refractivity contribution in [2.75, 3.05) is 33.6 Å². The van der Waals surface area contributed by atoms with Crippen LogP contribution in [0, 0.1) is 0 Å². The molecule has 118 valence electrons. The molecule has 0 aromatic heterocycles. The zero-order valence-corrected chi connectivity index (χ0v) is 14.3. The quantitative estimate of drug-likeness (QED) is 0.607. The van der Waals surface area contributed by atoms with Crippen LogP contribution in [-0.4, -0.2) is 48.8 Å². The van der Waals surface area contributed by atoms with Crippen LogP contribution in [-0.2, 0) is 4.79 Å². The summed E-state index contributed by atoms with van der Waals surface area (Å²) in [6.07, 6.45) is 3.21. The second kappa shape index (κ2) is 7.51. The Morgan fingerprint density at radius 3 is 2.32 bits per heavy atom. The van der Waals surface area contributed by atoms with Gasteiger partial charge in [0.05, 0.1) is 21.3 Å².